The second-order valence-electron chi connectivity index (χ2n) is 17.4. The Bertz CT molecular complexity index is 1560. The summed E-state index contributed by atoms with van der Waals surface area (Å²) in [4.78, 5) is 38.0. The molecular weight excluding hydrogens is 853 g/mol. The molecular formula is C63H98O6. The number of allylic oxidation sites excluding steroid dienone is 23. The fraction of sp³-hybridized carbons (Fsp3) is 0.571. The highest BCUT2D eigenvalue weighted by atomic mass is 16.6. The number of hydrogen-bond donors (Lipinski definition) is 0. The van der Waals surface area contributed by atoms with Gasteiger partial charge in [0, 0.05) is 12.8 Å². The molecule has 0 aromatic rings. The maximum Gasteiger partial charge on any atom is 0.309 e. The van der Waals surface area contributed by atoms with E-state index in [0.717, 1.165) is 96.3 Å². The first-order valence-corrected chi connectivity index (χ1v) is 27.3. The minimum atomic E-state index is -0.856. The van der Waals surface area contributed by atoms with Crippen molar-refractivity contribution in [3.05, 3.63) is 146 Å². The molecule has 386 valence electrons. The van der Waals surface area contributed by atoms with Gasteiger partial charge in [0.1, 0.15) is 13.2 Å². The van der Waals surface area contributed by atoms with Crippen molar-refractivity contribution in [2.75, 3.05) is 13.2 Å². The summed E-state index contributed by atoms with van der Waals surface area (Å²) in [6.07, 6.45) is 80.1. The van der Waals surface area contributed by atoms with Gasteiger partial charge in [-0.05, 0) is 116 Å². The third kappa shape index (κ3) is 54.1. The lowest BCUT2D eigenvalue weighted by Crippen LogP contribution is -2.30. The van der Waals surface area contributed by atoms with Crippen LogP contribution >= 0.6 is 0 Å². The van der Waals surface area contributed by atoms with Crippen LogP contribution in [-0.4, -0.2) is 37.2 Å². The molecule has 0 N–H and O–H groups in total. The third-order valence-electron chi connectivity index (χ3n) is 10.8. The van der Waals surface area contributed by atoms with Crippen molar-refractivity contribution in [2.24, 2.45) is 0 Å². The molecule has 0 fully saturated rings. The van der Waals surface area contributed by atoms with Crippen LogP contribution in [0.2, 0.25) is 0 Å². The first kappa shape index (κ1) is 64.3. The van der Waals surface area contributed by atoms with E-state index in [4.69, 9.17) is 14.2 Å². The molecule has 0 saturated heterocycles. The second kappa shape index (κ2) is 55.9. The molecule has 0 aromatic carbocycles. The number of unbranched alkanes of at least 4 members (excludes halogenated alkanes) is 13. The molecule has 0 radical (unpaired) electrons. The van der Waals surface area contributed by atoms with Crippen LogP contribution in [0.5, 0.6) is 0 Å². The molecule has 0 rings (SSSR count). The number of esters is 3. The van der Waals surface area contributed by atoms with Gasteiger partial charge in [-0.3, -0.25) is 14.4 Å². The first-order valence-electron chi connectivity index (χ1n) is 27.3. The molecule has 0 saturated carbocycles. The predicted octanol–water partition coefficient (Wildman–Crippen LogP) is 18.4. The van der Waals surface area contributed by atoms with Crippen LogP contribution in [0.3, 0.4) is 0 Å². The van der Waals surface area contributed by atoms with Gasteiger partial charge in [-0.15, -0.1) is 0 Å². The van der Waals surface area contributed by atoms with Crippen LogP contribution in [0, 0.1) is 0 Å². The topological polar surface area (TPSA) is 78.9 Å². The Hall–Kier alpha value is -4.71. The number of hydrogen-bond acceptors (Lipinski definition) is 6. The summed E-state index contributed by atoms with van der Waals surface area (Å²) in [5, 5.41) is 0. The SMILES string of the molecule is CC/C=C\C/C=C\C/C=C\C/C=C\C/C=C\CCCC(=O)OC(COC(=O)C/C=C\C/C=C\C/C=C\C/C=C\C/C=C\CC)COC(=O)CCCCCCCCCCC/C=C\C/C=C\CCCCC. The fourth-order valence-corrected chi connectivity index (χ4v) is 6.81. The third-order valence-corrected chi connectivity index (χ3v) is 10.8. The Balaban J connectivity index is 4.60. The summed E-state index contributed by atoms with van der Waals surface area (Å²) in [6, 6.07) is 0. The Morgan fingerprint density at radius 1 is 0.319 bits per heavy atom. The molecule has 1 atom stereocenters. The minimum Gasteiger partial charge on any atom is -0.462 e. The standard InChI is InChI=1S/C63H98O6/c1-4-7-10-13-16-19-22-25-28-30-31-33-35-38-41-44-47-50-53-56-62(65)68-59-60(58-67-61(64)55-52-49-46-43-40-37-34-27-24-21-18-15-12-9-6-3)69-63(66)57-54-51-48-45-42-39-36-32-29-26-23-20-17-14-11-8-5-2/h8-9,11-12,16-21,25-29,34,36,39-40,43,45,48-49,52,60H,4-7,10,13-15,22-24,30-33,35,37-38,41-42,44,46-47,50-51,53-59H2,1-3H3/b11-8-,12-9-,19-16-,20-17-,21-18-,28-25-,29-26-,34-27-,39-36-,43-40-,48-45-,52-49-. The van der Waals surface area contributed by atoms with Crippen LogP contribution in [0.25, 0.3) is 0 Å². The average Bonchev–Trinajstić information content (AvgIpc) is 3.35. The Labute approximate surface area is 423 Å². The lowest BCUT2D eigenvalue weighted by Gasteiger charge is -2.18. The van der Waals surface area contributed by atoms with Crippen LogP contribution in [-0.2, 0) is 28.6 Å². The van der Waals surface area contributed by atoms with Crippen molar-refractivity contribution in [1.29, 1.82) is 0 Å². The molecule has 69 heavy (non-hydrogen) atoms. The Morgan fingerprint density at radius 3 is 1.06 bits per heavy atom. The van der Waals surface area contributed by atoms with Crippen molar-refractivity contribution in [3.63, 3.8) is 0 Å². The van der Waals surface area contributed by atoms with E-state index in [9.17, 15) is 14.4 Å². The lowest BCUT2D eigenvalue weighted by molar-refractivity contribution is -0.166. The summed E-state index contributed by atoms with van der Waals surface area (Å²) in [7, 11) is 0. The highest BCUT2D eigenvalue weighted by Crippen LogP contribution is 2.13. The van der Waals surface area contributed by atoms with Crippen molar-refractivity contribution >= 4 is 17.9 Å². The zero-order valence-corrected chi connectivity index (χ0v) is 44.0. The van der Waals surface area contributed by atoms with Crippen LogP contribution < -0.4 is 0 Å². The molecule has 0 aliphatic heterocycles. The van der Waals surface area contributed by atoms with E-state index in [-0.39, 0.29) is 32.0 Å². The number of carbonyl (C=O) groups excluding carboxylic acids is 3. The molecule has 0 heterocycles. The van der Waals surface area contributed by atoms with Gasteiger partial charge in [0.05, 0.1) is 6.42 Å². The fourth-order valence-electron chi connectivity index (χ4n) is 6.81. The van der Waals surface area contributed by atoms with Gasteiger partial charge in [0.15, 0.2) is 6.10 Å². The van der Waals surface area contributed by atoms with E-state index in [1.807, 2.05) is 6.08 Å². The van der Waals surface area contributed by atoms with Gasteiger partial charge in [0.2, 0.25) is 0 Å². The minimum absolute atomic E-state index is 0.108. The van der Waals surface area contributed by atoms with Crippen LogP contribution in [0.15, 0.2) is 146 Å². The quantitative estimate of drug-likeness (QED) is 0.0262. The molecule has 1 unspecified atom stereocenters. The van der Waals surface area contributed by atoms with E-state index in [1.165, 1.54) is 70.6 Å². The van der Waals surface area contributed by atoms with E-state index in [2.05, 4.69) is 154 Å². The molecule has 0 bridgehead atoms. The highest BCUT2D eigenvalue weighted by molar-refractivity contribution is 5.72. The van der Waals surface area contributed by atoms with Gasteiger partial charge >= 0.3 is 17.9 Å². The van der Waals surface area contributed by atoms with Gasteiger partial charge in [0.25, 0.3) is 0 Å². The smallest absolute Gasteiger partial charge is 0.309 e. The van der Waals surface area contributed by atoms with Crippen molar-refractivity contribution < 1.29 is 28.6 Å². The highest BCUT2D eigenvalue weighted by Gasteiger charge is 2.19. The van der Waals surface area contributed by atoms with Gasteiger partial charge in [-0.2, -0.15) is 0 Å². The maximum atomic E-state index is 12.8. The number of carbonyl (C=O) groups is 3. The van der Waals surface area contributed by atoms with Crippen molar-refractivity contribution in [2.45, 2.75) is 219 Å². The van der Waals surface area contributed by atoms with Crippen LogP contribution in [0.4, 0.5) is 0 Å². The lowest BCUT2D eigenvalue weighted by atomic mass is 10.1. The van der Waals surface area contributed by atoms with Gasteiger partial charge in [-0.25, -0.2) is 0 Å². The molecule has 0 aliphatic rings. The van der Waals surface area contributed by atoms with E-state index in [0.29, 0.717) is 12.8 Å². The predicted molar refractivity (Wildman–Crippen MR) is 297 cm³/mol. The molecule has 6 nitrogen and oxygen atoms in total. The zero-order valence-electron chi connectivity index (χ0n) is 44.0. The zero-order chi connectivity index (χ0) is 50.0. The average molecular weight is 951 g/mol. The van der Waals surface area contributed by atoms with E-state index < -0.39 is 18.0 Å². The van der Waals surface area contributed by atoms with Gasteiger partial charge in [-0.1, -0.05) is 224 Å². The summed E-state index contributed by atoms with van der Waals surface area (Å²) >= 11 is 0. The van der Waals surface area contributed by atoms with E-state index >= 15 is 0 Å². The van der Waals surface area contributed by atoms with E-state index in [1.54, 1.807) is 6.08 Å². The molecule has 0 spiro atoms. The summed E-state index contributed by atoms with van der Waals surface area (Å²) in [5.74, 6) is -1.14. The molecule has 0 aromatic heterocycles. The number of rotatable bonds is 47. The first-order chi connectivity index (χ1) is 34.0. The monoisotopic (exact) mass is 951 g/mol. The molecule has 6 heteroatoms. The van der Waals surface area contributed by atoms with Crippen molar-refractivity contribution in [1.82, 2.24) is 0 Å². The second-order valence-corrected chi connectivity index (χ2v) is 17.4. The largest absolute Gasteiger partial charge is 0.462 e. The maximum absolute atomic E-state index is 12.8. The summed E-state index contributed by atoms with van der Waals surface area (Å²) < 4.78 is 16.7. The van der Waals surface area contributed by atoms with Gasteiger partial charge < -0.3 is 14.2 Å². The Kier molecular flexibility index (Phi) is 52.1. The molecule has 0 amide bonds. The summed E-state index contributed by atoms with van der Waals surface area (Å²) in [6.45, 7) is 6.23. The Morgan fingerprint density at radius 2 is 0.638 bits per heavy atom. The van der Waals surface area contributed by atoms with Crippen LogP contribution in [0.1, 0.15) is 213 Å². The summed E-state index contributed by atoms with van der Waals surface area (Å²) in [5.41, 5.74) is 0. The number of ether oxygens (including phenoxy) is 3. The van der Waals surface area contributed by atoms with Crippen molar-refractivity contribution in [3.8, 4) is 0 Å². The normalized spacial score (nSPS) is 13.3. The molecule has 0 aliphatic carbocycles.